The van der Waals surface area contributed by atoms with Crippen LogP contribution in [0.5, 0.6) is 0 Å². The molecular weight excluding hydrogens is 372 g/mol. The molecule has 0 aliphatic carbocycles. The molecule has 24 heavy (non-hydrogen) atoms. The molecule has 2 aromatic rings. The molecule has 2 rings (SSSR count). The fourth-order valence-corrected chi connectivity index (χ4v) is 2.98. The van der Waals surface area contributed by atoms with Gasteiger partial charge < -0.3 is 4.74 Å². The van der Waals surface area contributed by atoms with Gasteiger partial charge in [-0.25, -0.2) is 19.7 Å². The number of halogens is 1. The molecule has 0 saturated heterocycles. The van der Waals surface area contributed by atoms with Crippen molar-refractivity contribution >= 4 is 51.7 Å². The molecule has 1 amide bonds. The molecule has 0 bridgehead atoms. The Morgan fingerprint density at radius 3 is 2.92 bits per heavy atom. The van der Waals surface area contributed by atoms with Crippen molar-refractivity contribution in [3.63, 3.8) is 0 Å². The van der Waals surface area contributed by atoms with Gasteiger partial charge in [-0.05, 0) is 13.2 Å². The highest BCUT2D eigenvalue weighted by molar-refractivity contribution is 7.98. The van der Waals surface area contributed by atoms with Crippen molar-refractivity contribution in [1.82, 2.24) is 15.0 Å². The molecule has 1 N–H and O–H groups in total. The summed E-state index contributed by atoms with van der Waals surface area (Å²) in [7, 11) is 0. The largest absolute Gasteiger partial charge is 0.457 e. The zero-order valence-electron chi connectivity index (χ0n) is 12.8. The number of nitrogens with zero attached hydrogens (tertiary/aromatic N) is 3. The Morgan fingerprint density at radius 1 is 1.50 bits per heavy atom. The van der Waals surface area contributed by atoms with Gasteiger partial charge in [0.2, 0.25) is 0 Å². The number of carbonyl (C=O) groups excluding carboxylic acids is 2. The number of hydrogen-bond donors (Lipinski definition) is 1. The molecule has 7 nitrogen and oxygen atoms in total. The number of amides is 1. The van der Waals surface area contributed by atoms with Crippen molar-refractivity contribution in [1.29, 1.82) is 0 Å². The zero-order valence-corrected chi connectivity index (χ0v) is 15.2. The van der Waals surface area contributed by atoms with E-state index in [9.17, 15) is 9.59 Å². The molecule has 2 heterocycles. The van der Waals surface area contributed by atoms with Crippen LogP contribution in [0.3, 0.4) is 0 Å². The Kier molecular flexibility index (Phi) is 6.29. The topological polar surface area (TPSA) is 94.1 Å². The predicted molar refractivity (Wildman–Crippen MR) is 94.1 cm³/mol. The van der Waals surface area contributed by atoms with Crippen molar-refractivity contribution in [2.45, 2.75) is 12.1 Å². The maximum Gasteiger partial charge on any atom is 0.350 e. The smallest absolute Gasteiger partial charge is 0.350 e. The molecule has 0 saturated carbocycles. The summed E-state index contributed by atoms with van der Waals surface area (Å²) in [4.78, 5) is 36.7. The van der Waals surface area contributed by atoms with E-state index in [2.05, 4.69) is 26.8 Å². The van der Waals surface area contributed by atoms with Crippen molar-refractivity contribution in [3.8, 4) is 0 Å². The van der Waals surface area contributed by atoms with E-state index >= 15 is 0 Å². The fraction of sp³-hybridized carbons (Fsp3) is 0.214. The Hall–Kier alpha value is -1.97. The van der Waals surface area contributed by atoms with E-state index in [0.717, 1.165) is 11.3 Å². The molecule has 2 aromatic heterocycles. The third-order valence-electron chi connectivity index (χ3n) is 2.65. The highest BCUT2D eigenvalue weighted by Gasteiger charge is 2.20. The van der Waals surface area contributed by atoms with Crippen LogP contribution in [-0.4, -0.2) is 39.7 Å². The average Bonchev–Trinajstić information content (AvgIpc) is 2.93. The number of thioether (sulfide) groups is 1. The van der Waals surface area contributed by atoms with Crippen LogP contribution in [0.1, 0.15) is 25.9 Å². The average molecular weight is 385 g/mol. The second kappa shape index (κ2) is 8.22. The van der Waals surface area contributed by atoms with E-state index in [4.69, 9.17) is 16.3 Å². The number of aryl methyl sites for hydroxylation is 1. The van der Waals surface area contributed by atoms with Crippen molar-refractivity contribution in [2.75, 3.05) is 18.2 Å². The first-order valence-corrected chi connectivity index (χ1v) is 9.01. The Bertz CT molecular complexity index is 794. The molecule has 0 aromatic carbocycles. The summed E-state index contributed by atoms with van der Waals surface area (Å²) in [5, 5.41) is 3.39. The molecule has 0 atom stereocenters. The summed E-state index contributed by atoms with van der Waals surface area (Å²) in [6.07, 6.45) is 4.62. The minimum atomic E-state index is -0.530. The molecule has 0 radical (unpaired) electrons. The van der Waals surface area contributed by atoms with Crippen molar-refractivity contribution < 1.29 is 14.3 Å². The predicted octanol–water partition coefficient (Wildman–Crippen LogP) is 3.21. The van der Waals surface area contributed by atoms with Gasteiger partial charge in [-0.15, -0.1) is 0 Å². The molecular formula is C14H13ClN4O3S2. The van der Waals surface area contributed by atoms with Gasteiger partial charge in [0.15, 0.2) is 16.0 Å². The van der Waals surface area contributed by atoms with Crippen LogP contribution in [0, 0.1) is 6.92 Å². The lowest BCUT2D eigenvalue weighted by Gasteiger charge is -2.04. The number of carbonyl (C=O) groups is 2. The Labute approximate surface area is 151 Å². The van der Waals surface area contributed by atoms with Gasteiger partial charge in [0.1, 0.15) is 11.5 Å². The number of thiazole rings is 1. The quantitative estimate of drug-likeness (QED) is 0.353. The lowest BCUT2D eigenvalue weighted by molar-refractivity contribution is 0.0554. The maximum absolute atomic E-state index is 12.3. The van der Waals surface area contributed by atoms with Gasteiger partial charge in [0.25, 0.3) is 5.91 Å². The number of rotatable bonds is 6. The number of ether oxygens (including phenoxy) is 1. The number of hydrogen-bond acceptors (Lipinski definition) is 8. The van der Waals surface area contributed by atoms with E-state index in [1.165, 1.54) is 24.0 Å². The van der Waals surface area contributed by atoms with Crippen molar-refractivity contribution in [3.05, 3.63) is 40.1 Å². The van der Waals surface area contributed by atoms with Crippen LogP contribution in [0.15, 0.2) is 24.0 Å². The SMILES string of the molecule is C=CCOC(=O)c1sc(NC(=O)c2nc(SC)ncc2Cl)nc1C. The van der Waals surface area contributed by atoms with Gasteiger partial charge in [0, 0.05) is 0 Å². The second-order valence-electron chi connectivity index (χ2n) is 4.33. The third kappa shape index (κ3) is 4.31. The summed E-state index contributed by atoms with van der Waals surface area (Å²) >= 11 is 8.27. The van der Waals surface area contributed by atoms with Crippen LogP contribution in [0.2, 0.25) is 5.02 Å². The van der Waals surface area contributed by atoms with Crippen LogP contribution in [-0.2, 0) is 4.74 Å². The first-order chi connectivity index (χ1) is 11.5. The normalized spacial score (nSPS) is 10.3. The van der Waals surface area contributed by atoms with E-state index in [1.807, 2.05) is 0 Å². The van der Waals surface area contributed by atoms with Crippen LogP contribution in [0.25, 0.3) is 0 Å². The lowest BCUT2D eigenvalue weighted by atomic mass is 10.4. The van der Waals surface area contributed by atoms with E-state index in [0.29, 0.717) is 15.7 Å². The van der Waals surface area contributed by atoms with Gasteiger partial charge in [-0.1, -0.05) is 47.4 Å². The number of nitrogens with one attached hydrogen (secondary N) is 1. The van der Waals surface area contributed by atoms with Crippen LogP contribution >= 0.6 is 34.7 Å². The Balaban J connectivity index is 2.18. The molecule has 0 aliphatic rings. The number of aromatic nitrogens is 3. The summed E-state index contributed by atoms with van der Waals surface area (Å²) < 4.78 is 4.97. The maximum atomic E-state index is 12.3. The number of esters is 1. The first kappa shape index (κ1) is 18.4. The van der Waals surface area contributed by atoms with Crippen LogP contribution < -0.4 is 5.32 Å². The minimum Gasteiger partial charge on any atom is -0.457 e. The monoisotopic (exact) mass is 384 g/mol. The first-order valence-electron chi connectivity index (χ1n) is 6.59. The van der Waals surface area contributed by atoms with E-state index < -0.39 is 11.9 Å². The second-order valence-corrected chi connectivity index (χ2v) is 6.51. The molecule has 0 unspecified atom stereocenters. The Morgan fingerprint density at radius 2 is 2.25 bits per heavy atom. The third-order valence-corrected chi connectivity index (χ3v) is 4.55. The summed E-state index contributed by atoms with van der Waals surface area (Å²) in [6, 6.07) is 0. The summed E-state index contributed by atoms with van der Waals surface area (Å²) in [5.41, 5.74) is 0.502. The van der Waals surface area contributed by atoms with Crippen molar-refractivity contribution in [2.24, 2.45) is 0 Å². The van der Waals surface area contributed by atoms with Gasteiger partial charge >= 0.3 is 5.97 Å². The van der Waals surface area contributed by atoms with Gasteiger partial charge in [-0.3, -0.25) is 10.1 Å². The molecule has 0 spiro atoms. The number of anilines is 1. The molecule has 0 fully saturated rings. The molecule has 10 heteroatoms. The summed E-state index contributed by atoms with van der Waals surface area (Å²) in [6.45, 7) is 5.23. The fourth-order valence-electron chi connectivity index (χ4n) is 1.60. The molecule has 0 aliphatic heterocycles. The van der Waals surface area contributed by atoms with Crippen LogP contribution in [0.4, 0.5) is 5.13 Å². The highest BCUT2D eigenvalue weighted by atomic mass is 35.5. The van der Waals surface area contributed by atoms with E-state index in [-0.39, 0.29) is 22.5 Å². The van der Waals surface area contributed by atoms with E-state index in [1.54, 1.807) is 13.2 Å². The lowest BCUT2D eigenvalue weighted by Crippen LogP contribution is -2.15. The van der Waals surface area contributed by atoms with Gasteiger partial charge in [-0.2, -0.15) is 0 Å². The molecule has 126 valence electrons. The summed E-state index contributed by atoms with van der Waals surface area (Å²) in [5.74, 6) is -1.05. The zero-order chi connectivity index (χ0) is 17.7. The minimum absolute atomic E-state index is 0.0413. The highest BCUT2D eigenvalue weighted by Crippen LogP contribution is 2.25. The van der Waals surface area contributed by atoms with Gasteiger partial charge in [0.05, 0.1) is 16.9 Å². The standard InChI is InChI=1S/C14H13ClN4O3S2/c1-4-5-22-12(21)10-7(2)17-14(24-10)19-11(20)9-8(15)6-16-13(18-9)23-3/h4,6H,1,5H2,2-3H3,(H,17,19,20).